The molecular weight excluding hydrogens is 294 g/mol. The zero-order valence-corrected chi connectivity index (χ0v) is 13.8. The molecule has 2 saturated heterocycles. The Morgan fingerprint density at radius 3 is 2.76 bits per heavy atom. The smallest absolute Gasteiger partial charge is 0.319 e. The number of rotatable bonds is 3. The Balaban J connectivity index is 1.93. The van der Waals surface area contributed by atoms with E-state index >= 15 is 0 Å². The van der Waals surface area contributed by atoms with Gasteiger partial charge in [-0.3, -0.25) is 0 Å². The molecule has 0 unspecified atom stereocenters. The van der Waals surface area contributed by atoms with E-state index in [1.54, 1.807) is 19.0 Å². The van der Waals surface area contributed by atoms with Crippen molar-refractivity contribution >= 4 is 16.1 Å². The number of nitrogens with one attached hydrogen (secondary N) is 1. The van der Waals surface area contributed by atoms with E-state index in [4.69, 9.17) is 4.74 Å². The molecule has 0 bridgehead atoms. The van der Waals surface area contributed by atoms with Crippen molar-refractivity contribution < 1.29 is 17.9 Å². The first kappa shape index (κ1) is 16.5. The van der Waals surface area contributed by atoms with E-state index in [0.29, 0.717) is 19.6 Å². The molecule has 2 atom stereocenters. The van der Waals surface area contributed by atoms with Gasteiger partial charge < -0.3 is 14.5 Å². The summed E-state index contributed by atoms with van der Waals surface area (Å²) in [7, 11) is 0.293. The molecule has 1 spiro atoms. The van der Waals surface area contributed by atoms with Crippen molar-refractivity contribution in [2.45, 2.75) is 37.4 Å². The van der Waals surface area contributed by atoms with Gasteiger partial charge in [-0.15, -0.1) is 0 Å². The summed E-state index contributed by atoms with van der Waals surface area (Å²) in [5.74, 6) is 0. The number of nitrogens with zero attached hydrogens (tertiary/aromatic N) is 2. The number of amides is 2. The minimum absolute atomic E-state index is 0.00635. The summed E-state index contributed by atoms with van der Waals surface area (Å²) in [4.78, 5) is 15.4. The van der Waals surface area contributed by atoms with Gasteiger partial charge in [0.05, 0.1) is 24.5 Å². The van der Waals surface area contributed by atoms with Gasteiger partial charge in [0.2, 0.25) is 10.0 Å². The van der Waals surface area contributed by atoms with Crippen LogP contribution in [-0.2, 0) is 14.8 Å². The molecule has 0 aromatic carbocycles. The molecule has 2 fully saturated rings. The maximum absolute atomic E-state index is 12.0. The number of likely N-dealkylation sites (tertiary alicyclic amines) is 1. The van der Waals surface area contributed by atoms with Crippen LogP contribution in [-0.4, -0.2) is 75.9 Å². The lowest BCUT2D eigenvalue weighted by Crippen LogP contribution is -2.48. The maximum atomic E-state index is 12.0. The summed E-state index contributed by atoms with van der Waals surface area (Å²) in [6, 6.07) is 0.00635. The van der Waals surface area contributed by atoms with E-state index in [0.717, 1.165) is 31.9 Å². The Hall–Kier alpha value is -0.860. The molecule has 2 aliphatic rings. The molecule has 2 aliphatic heterocycles. The van der Waals surface area contributed by atoms with Crippen molar-refractivity contribution in [2.75, 3.05) is 40.0 Å². The molecule has 2 heterocycles. The van der Waals surface area contributed by atoms with Crippen molar-refractivity contribution in [3.63, 3.8) is 0 Å². The first-order valence-electron chi connectivity index (χ1n) is 7.29. The third kappa shape index (κ3) is 4.31. The molecule has 0 aliphatic carbocycles. The average molecular weight is 319 g/mol. The summed E-state index contributed by atoms with van der Waals surface area (Å²) in [5.41, 5.74) is -0.298. The van der Waals surface area contributed by atoms with Crippen molar-refractivity contribution in [1.29, 1.82) is 0 Å². The summed E-state index contributed by atoms with van der Waals surface area (Å²) in [6.07, 6.45) is 4.65. The molecule has 2 rings (SSSR count). The molecule has 2 amide bonds. The molecule has 0 saturated carbocycles. The van der Waals surface area contributed by atoms with Crippen molar-refractivity contribution in [3.8, 4) is 0 Å². The van der Waals surface area contributed by atoms with E-state index in [1.165, 1.54) is 0 Å². The first-order chi connectivity index (χ1) is 9.71. The maximum Gasteiger partial charge on any atom is 0.319 e. The lowest BCUT2D eigenvalue weighted by Gasteiger charge is -2.38. The Morgan fingerprint density at radius 2 is 2.14 bits per heavy atom. The van der Waals surface area contributed by atoms with Crippen LogP contribution in [0.1, 0.15) is 25.7 Å². The molecule has 122 valence electrons. The zero-order chi connectivity index (χ0) is 15.7. The molecule has 0 aromatic heterocycles. The number of hydrogen-bond donors (Lipinski definition) is 1. The number of ether oxygens (including phenoxy) is 1. The predicted molar refractivity (Wildman–Crippen MR) is 79.6 cm³/mol. The number of carbonyl (C=O) groups is 1. The molecule has 0 aromatic rings. The van der Waals surface area contributed by atoms with Crippen LogP contribution < -0.4 is 4.72 Å². The van der Waals surface area contributed by atoms with Gasteiger partial charge in [0.1, 0.15) is 0 Å². The highest BCUT2D eigenvalue weighted by molar-refractivity contribution is 7.88. The van der Waals surface area contributed by atoms with Crippen molar-refractivity contribution in [1.82, 2.24) is 14.5 Å². The Kier molecular flexibility index (Phi) is 4.79. The standard InChI is InChI=1S/C13H25N3O4S/c1-15(2)12(17)16-8-7-13(10-16)6-4-5-11(20-13)9-14-21(3,18)19/h11,14H,4-10H2,1-3H3/t11-,13-/m1/s1. The Labute approximate surface area is 126 Å². The van der Waals surface area contributed by atoms with Crippen LogP contribution in [0.25, 0.3) is 0 Å². The van der Waals surface area contributed by atoms with E-state index in [-0.39, 0.29) is 17.7 Å². The van der Waals surface area contributed by atoms with Crippen LogP contribution in [0.4, 0.5) is 4.79 Å². The SMILES string of the molecule is CN(C)C(=O)N1CC[C@]2(CCC[C@H](CNS(C)(=O)=O)O2)C1. The highest BCUT2D eigenvalue weighted by Gasteiger charge is 2.44. The second kappa shape index (κ2) is 6.10. The van der Waals surface area contributed by atoms with Crippen molar-refractivity contribution in [2.24, 2.45) is 0 Å². The lowest BCUT2D eigenvalue weighted by atomic mass is 9.90. The fourth-order valence-corrected chi connectivity index (χ4v) is 3.59. The topological polar surface area (TPSA) is 79.0 Å². The van der Waals surface area contributed by atoms with E-state index in [2.05, 4.69) is 4.72 Å². The zero-order valence-electron chi connectivity index (χ0n) is 13.0. The van der Waals surface area contributed by atoms with Gasteiger partial charge in [-0.25, -0.2) is 17.9 Å². The quantitative estimate of drug-likeness (QED) is 0.808. The van der Waals surface area contributed by atoms with E-state index in [9.17, 15) is 13.2 Å². The van der Waals surface area contributed by atoms with Crippen molar-refractivity contribution in [3.05, 3.63) is 0 Å². The minimum Gasteiger partial charge on any atom is -0.368 e. The molecule has 21 heavy (non-hydrogen) atoms. The van der Waals surface area contributed by atoms with Crippen LogP contribution >= 0.6 is 0 Å². The monoisotopic (exact) mass is 319 g/mol. The predicted octanol–water partition coefficient (Wildman–Crippen LogP) is 0.231. The van der Waals surface area contributed by atoms with Crippen LogP contribution in [0.3, 0.4) is 0 Å². The van der Waals surface area contributed by atoms with E-state index in [1.807, 2.05) is 4.90 Å². The van der Waals surface area contributed by atoms with Gasteiger partial charge in [0, 0.05) is 27.2 Å². The first-order valence-corrected chi connectivity index (χ1v) is 9.19. The van der Waals surface area contributed by atoms with Gasteiger partial charge >= 0.3 is 6.03 Å². The van der Waals surface area contributed by atoms with Crippen LogP contribution in [0, 0.1) is 0 Å². The molecule has 0 radical (unpaired) electrons. The summed E-state index contributed by atoms with van der Waals surface area (Å²) >= 11 is 0. The van der Waals surface area contributed by atoms with Gasteiger partial charge in [-0.2, -0.15) is 0 Å². The van der Waals surface area contributed by atoms with Crippen LogP contribution in [0.15, 0.2) is 0 Å². The van der Waals surface area contributed by atoms with Crippen LogP contribution in [0.2, 0.25) is 0 Å². The lowest BCUT2D eigenvalue weighted by molar-refractivity contribution is -0.116. The second-order valence-corrected chi connectivity index (χ2v) is 8.12. The molecular formula is C13H25N3O4S. The Morgan fingerprint density at radius 1 is 1.43 bits per heavy atom. The number of urea groups is 1. The molecule has 1 N–H and O–H groups in total. The highest BCUT2D eigenvalue weighted by Crippen LogP contribution is 2.36. The summed E-state index contributed by atoms with van der Waals surface area (Å²) in [5, 5.41) is 0. The fourth-order valence-electron chi connectivity index (χ4n) is 3.10. The normalized spacial score (nSPS) is 29.9. The third-order valence-corrected chi connectivity index (χ3v) is 4.81. The average Bonchev–Trinajstić information content (AvgIpc) is 2.78. The highest BCUT2D eigenvalue weighted by atomic mass is 32.2. The Bertz CT molecular complexity index is 494. The molecule has 7 nitrogen and oxygen atoms in total. The summed E-state index contributed by atoms with van der Waals surface area (Å²) in [6.45, 7) is 1.60. The minimum atomic E-state index is -3.20. The van der Waals surface area contributed by atoms with E-state index < -0.39 is 10.0 Å². The third-order valence-electron chi connectivity index (χ3n) is 4.12. The largest absolute Gasteiger partial charge is 0.368 e. The van der Waals surface area contributed by atoms with Gasteiger partial charge in [0.25, 0.3) is 0 Å². The molecule has 8 heteroatoms. The van der Waals surface area contributed by atoms with Gasteiger partial charge in [-0.05, 0) is 25.7 Å². The number of sulfonamides is 1. The fraction of sp³-hybridized carbons (Fsp3) is 0.923. The summed E-state index contributed by atoms with van der Waals surface area (Å²) < 4.78 is 31.0. The van der Waals surface area contributed by atoms with Gasteiger partial charge in [-0.1, -0.05) is 0 Å². The number of hydrogen-bond acceptors (Lipinski definition) is 4. The van der Waals surface area contributed by atoms with Gasteiger partial charge in [0.15, 0.2) is 0 Å². The number of carbonyl (C=O) groups excluding carboxylic acids is 1. The van der Waals surface area contributed by atoms with Crippen LogP contribution in [0.5, 0.6) is 0 Å². The second-order valence-electron chi connectivity index (χ2n) is 6.28.